The van der Waals surface area contributed by atoms with Crippen molar-refractivity contribution in [3.8, 4) is 5.82 Å². The molecule has 2 aromatic heterocycles. The summed E-state index contributed by atoms with van der Waals surface area (Å²) in [5, 5.41) is 18.7. The maximum atomic E-state index is 12.1. The van der Waals surface area contributed by atoms with Gasteiger partial charge in [0.05, 0.1) is 11.4 Å². The van der Waals surface area contributed by atoms with Crippen LogP contribution in [-0.4, -0.2) is 44.6 Å². The van der Waals surface area contributed by atoms with Crippen LogP contribution in [0.1, 0.15) is 21.7 Å². The highest BCUT2D eigenvalue weighted by Crippen LogP contribution is 2.17. The van der Waals surface area contributed by atoms with E-state index in [4.69, 9.17) is 0 Å². The number of aryl methyl sites for hydroxylation is 2. The fourth-order valence-corrected chi connectivity index (χ4v) is 3.16. The summed E-state index contributed by atoms with van der Waals surface area (Å²) < 4.78 is 1.73. The SMILES string of the molecule is CNC(=O)c1ccc(NC(=O)CSc2ccc(-n3nc(C)cc3C)nn2)cc1. The molecule has 0 atom stereocenters. The first-order valence-corrected chi connectivity index (χ1v) is 9.57. The van der Waals surface area contributed by atoms with Crippen LogP contribution in [0.5, 0.6) is 0 Å². The summed E-state index contributed by atoms with van der Waals surface area (Å²) in [5.41, 5.74) is 3.06. The van der Waals surface area contributed by atoms with Crippen molar-refractivity contribution >= 4 is 29.3 Å². The van der Waals surface area contributed by atoms with Gasteiger partial charge in [-0.05, 0) is 56.3 Å². The van der Waals surface area contributed by atoms with Gasteiger partial charge in [-0.1, -0.05) is 11.8 Å². The quantitative estimate of drug-likeness (QED) is 0.620. The second kappa shape index (κ2) is 8.66. The Morgan fingerprint density at radius 1 is 1.07 bits per heavy atom. The third kappa shape index (κ3) is 4.74. The van der Waals surface area contributed by atoms with Gasteiger partial charge in [-0.15, -0.1) is 10.2 Å². The Morgan fingerprint density at radius 2 is 1.82 bits per heavy atom. The standard InChI is InChI=1S/C19H20N6O2S/c1-12-10-13(2)25(24-12)16-8-9-18(23-22-16)28-11-17(26)21-15-6-4-14(5-7-15)19(27)20-3/h4-10H,11H2,1-3H3,(H,20,27)(H,21,26). The molecule has 0 saturated heterocycles. The van der Waals surface area contributed by atoms with Crippen molar-refractivity contribution in [1.82, 2.24) is 25.3 Å². The molecule has 28 heavy (non-hydrogen) atoms. The first-order chi connectivity index (χ1) is 13.5. The number of carbonyl (C=O) groups excluding carboxylic acids is 2. The molecule has 3 rings (SSSR count). The van der Waals surface area contributed by atoms with Crippen molar-refractivity contribution < 1.29 is 9.59 Å². The summed E-state index contributed by atoms with van der Waals surface area (Å²) >= 11 is 1.29. The molecule has 2 N–H and O–H groups in total. The van der Waals surface area contributed by atoms with E-state index in [-0.39, 0.29) is 17.6 Å². The number of thioether (sulfide) groups is 1. The number of hydrogen-bond donors (Lipinski definition) is 2. The number of anilines is 1. The molecule has 9 heteroatoms. The maximum Gasteiger partial charge on any atom is 0.251 e. The molecule has 1 aromatic carbocycles. The molecule has 144 valence electrons. The van der Waals surface area contributed by atoms with Gasteiger partial charge in [0.2, 0.25) is 5.91 Å². The molecule has 0 aliphatic heterocycles. The first-order valence-electron chi connectivity index (χ1n) is 8.58. The van der Waals surface area contributed by atoms with Gasteiger partial charge in [0, 0.05) is 24.0 Å². The fourth-order valence-electron chi connectivity index (χ4n) is 2.55. The van der Waals surface area contributed by atoms with Crippen molar-refractivity contribution in [2.24, 2.45) is 0 Å². The molecular formula is C19H20N6O2S. The third-order valence-electron chi connectivity index (χ3n) is 3.86. The summed E-state index contributed by atoms with van der Waals surface area (Å²) in [5.74, 6) is 0.499. The molecule has 0 spiro atoms. The first kappa shape index (κ1) is 19.6. The molecule has 0 aliphatic rings. The van der Waals surface area contributed by atoms with Crippen LogP contribution in [-0.2, 0) is 4.79 Å². The van der Waals surface area contributed by atoms with Gasteiger partial charge in [-0.2, -0.15) is 5.10 Å². The lowest BCUT2D eigenvalue weighted by Crippen LogP contribution is -2.18. The van der Waals surface area contributed by atoms with Gasteiger partial charge < -0.3 is 10.6 Å². The van der Waals surface area contributed by atoms with Crippen molar-refractivity contribution in [2.45, 2.75) is 18.9 Å². The maximum absolute atomic E-state index is 12.1. The van der Waals surface area contributed by atoms with Gasteiger partial charge >= 0.3 is 0 Å². The smallest absolute Gasteiger partial charge is 0.251 e. The normalized spacial score (nSPS) is 10.5. The van der Waals surface area contributed by atoms with Crippen LogP contribution >= 0.6 is 11.8 Å². The molecule has 0 fully saturated rings. The highest BCUT2D eigenvalue weighted by atomic mass is 32.2. The lowest BCUT2D eigenvalue weighted by molar-refractivity contribution is -0.113. The molecule has 8 nitrogen and oxygen atoms in total. The van der Waals surface area contributed by atoms with Crippen LogP contribution in [0.25, 0.3) is 5.82 Å². The van der Waals surface area contributed by atoms with Crippen LogP contribution in [0.2, 0.25) is 0 Å². The Morgan fingerprint density at radius 3 is 2.39 bits per heavy atom. The second-order valence-electron chi connectivity index (χ2n) is 6.06. The number of amides is 2. The average molecular weight is 396 g/mol. The van der Waals surface area contributed by atoms with Gasteiger partial charge in [-0.3, -0.25) is 9.59 Å². The second-order valence-corrected chi connectivity index (χ2v) is 7.06. The minimum Gasteiger partial charge on any atom is -0.355 e. The minimum absolute atomic E-state index is 0.165. The van der Waals surface area contributed by atoms with Gasteiger partial charge in [0.25, 0.3) is 5.91 Å². The van der Waals surface area contributed by atoms with Gasteiger partial charge in [-0.25, -0.2) is 4.68 Å². The van der Waals surface area contributed by atoms with Crippen molar-refractivity contribution in [2.75, 3.05) is 18.1 Å². The minimum atomic E-state index is -0.170. The number of aromatic nitrogens is 4. The summed E-state index contributed by atoms with van der Waals surface area (Å²) in [4.78, 5) is 23.6. The summed E-state index contributed by atoms with van der Waals surface area (Å²) in [6.07, 6.45) is 0. The van der Waals surface area contributed by atoms with Crippen LogP contribution < -0.4 is 10.6 Å². The Kier molecular flexibility index (Phi) is 6.05. The van der Waals surface area contributed by atoms with Crippen LogP contribution in [0.4, 0.5) is 5.69 Å². The van der Waals surface area contributed by atoms with Gasteiger partial charge in [0.15, 0.2) is 5.82 Å². The molecule has 0 aliphatic carbocycles. The monoisotopic (exact) mass is 396 g/mol. The Hall–Kier alpha value is -3.20. The number of hydrogen-bond acceptors (Lipinski definition) is 6. The highest BCUT2D eigenvalue weighted by Gasteiger charge is 2.09. The van der Waals surface area contributed by atoms with E-state index in [1.165, 1.54) is 11.8 Å². The zero-order valence-corrected chi connectivity index (χ0v) is 16.6. The van der Waals surface area contributed by atoms with Crippen molar-refractivity contribution in [3.63, 3.8) is 0 Å². The van der Waals surface area contributed by atoms with E-state index in [1.54, 1.807) is 36.0 Å². The van der Waals surface area contributed by atoms with Crippen molar-refractivity contribution in [1.29, 1.82) is 0 Å². The van der Waals surface area contributed by atoms with E-state index < -0.39 is 0 Å². The predicted molar refractivity (Wildman–Crippen MR) is 108 cm³/mol. The lowest BCUT2D eigenvalue weighted by Gasteiger charge is -2.06. The summed E-state index contributed by atoms with van der Waals surface area (Å²) in [7, 11) is 1.57. The Balaban J connectivity index is 1.54. The van der Waals surface area contributed by atoms with E-state index in [1.807, 2.05) is 32.0 Å². The Labute approximate surface area is 166 Å². The predicted octanol–water partition coefficient (Wildman–Crippen LogP) is 2.37. The molecule has 3 aromatic rings. The van der Waals surface area contributed by atoms with Crippen molar-refractivity contribution in [3.05, 3.63) is 59.4 Å². The van der Waals surface area contributed by atoms with E-state index in [9.17, 15) is 9.59 Å². The third-order valence-corrected chi connectivity index (χ3v) is 4.78. The molecule has 2 heterocycles. The Bertz CT molecular complexity index is 983. The molecule has 0 radical (unpaired) electrons. The summed E-state index contributed by atoms with van der Waals surface area (Å²) in [6, 6.07) is 12.3. The molecule has 2 amide bonds. The van der Waals surface area contributed by atoms with Crippen LogP contribution in [0.3, 0.4) is 0 Å². The van der Waals surface area contributed by atoms with E-state index in [0.717, 1.165) is 11.4 Å². The van der Waals surface area contributed by atoms with E-state index >= 15 is 0 Å². The summed E-state index contributed by atoms with van der Waals surface area (Å²) in [6.45, 7) is 3.88. The number of benzene rings is 1. The fraction of sp³-hybridized carbons (Fsp3) is 0.211. The van der Waals surface area contributed by atoms with Crippen LogP contribution in [0.15, 0.2) is 47.5 Å². The lowest BCUT2D eigenvalue weighted by atomic mass is 10.2. The number of nitrogens with one attached hydrogen (secondary N) is 2. The number of rotatable bonds is 6. The molecular weight excluding hydrogens is 376 g/mol. The molecule has 0 bridgehead atoms. The highest BCUT2D eigenvalue weighted by molar-refractivity contribution is 7.99. The van der Waals surface area contributed by atoms with Crippen LogP contribution in [0, 0.1) is 13.8 Å². The largest absolute Gasteiger partial charge is 0.355 e. The molecule has 0 saturated carbocycles. The zero-order chi connectivity index (χ0) is 20.1. The average Bonchev–Trinajstić information content (AvgIpc) is 3.05. The number of carbonyl (C=O) groups is 2. The topological polar surface area (TPSA) is 102 Å². The van der Waals surface area contributed by atoms with Gasteiger partial charge in [0.1, 0.15) is 5.03 Å². The van der Waals surface area contributed by atoms with E-state index in [2.05, 4.69) is 25.9 Å². The number of nitrogens with zero attached hydrogens (tertiary/aromatic N) is 4. The molecule has 0 unspecified atom stereocenters. The van der Waals surface area contributed by atoms with E-state index in [0.29, 0.717) is 22.1 Å². The zero-order valence-electron chi connectivity index (χ0n) is 15.8.